The van der Waals surface area contributed by atoms with Crippen molar-refractivity contribution in [2.45, 2.75) is 45.6 Å². The number of aliphatic imine (C=N–C) groups is 1. The van der Waals surface area contributed by atoms with Crippen LogP contribution in [0.5, 0.6) is 0 Å². The molecule has 2 rings (SSSR count). The summed E-state index contributed by atoms with van der Waals surface area (Å²) >= 11 is 0. The zero-order valence-corrected chi connectivity index (χ0v) is 13.2. The molecule has 1 aromatic heterocycles. The van der Waals surface area contributed by atoms with Gasteiger partial charge in [0.2, 0.25) is 0 Å². The van der Waals surface area contributed by atoms with Crippen molar-refractivity contribution in [1.29, 1.82) is 0 Å². The molecule has 0 radical (unpaired) electrons. The third kappa shape index (κ3) is 2.78. The van der Waals surface area contributed by atoms with Gasteiger partial charge < -0.3 is 4.57 Å². The van der Waals surface area contributed by atoms with Crippen LogP contribution >= 0.6 is 0 Å². The first-order chi connectivity index (χ1) is 10.2. The molecule has 0 N–H and O–H groups in total. The SMILES string of the molecule is C=Cc1c(C)/c(=C/N=C)c(=NCC)n(C2CCCC2)c1=C. The Bertz CT molecular complexity index is 716. The summed E-state index contributed by atoms with van der Waals surface area (Å²) in [6.07, 6.45) is 8.64. The van der Waals surface area contributed by atoms with Crippen LogP contribution in [-0.4, -0.2) is 17.8 Å². The molecule has 112 valence electrons. The minimum atomic E-state index is 0.485. The topological polar surface area (TPSA) is 29.6 Å². The summed E-state index contributed by atoms with van der Waals surface area (Å²) in [5.74, 6) is 0. The van der Waals surface area contributed by atoms with Crippen LogP contribution in [0.15, 0.2) is 16.6 Å². The van der Waals surface area contributed by atoms with Gasteiger partial charge in [0.15, 0.2) is 0 Å². The lowest BCUT2D eigenvalue weighted by atomic mass is 10.1. The average molecular weight is 283 g/mol. The Labute approximate surface area is 126 Å². The Morgan fingerprint density at radius 2 is 2.00 bits per heavy atom. The maximum Gasteiger partial charge on any atom is 0.137 e. The first-order valence-electron chi connectivity index (χ1n) is 7.68. The van der Waals surface area contributed by atoms with Gasteiger partial charge in [0.1, 0.15) is 5.49 Å². The molecule has 1 fully saturated rings. The summed E-state index contributed by atoms with van der Waals surface area (Å²) < 4.78 is 2.30. The van der Waals surface area contributed by atoms with Crippen molar-refractivity contribution in [3.8, 4) is 0 Å². The van der Waals surface area contributed by atoms with Crippen molar-refractivity contribution >= 4 is 25.6 Å². The summed E-state index contributed by atoms with van der Waals surface area (Å²) in [5.41, 5.74) is 3.21. The molecule has 0 spiro atoms. The maximum absolute atomic E-state index is 4.74. The molecule has 3 nitrogen and oxygen atoms in total. The number of nitrogens with zero attached hydrogens (tertiary/aromatic N) is 3. The highest BCUT2D eigenvalue weighted by Crippen LogP contribution is 2.27. The second-order valence-electron chi connectivity index (χ2n) is 5.52. The molecule has 1 aromatic rings. The number of aromatic nitrogens is 1. The van der Waals surface area contributed by atoms with Crippen molar-refractivity contribution in [2.75, 3.05) is 6.54 Å². The minimum absolute atomic E-state index is 0.485. The van der Waals surface area contributed by atoms with E-state index in [0.717, 1.165) is 33.7 Å². The van der Waals surface area contributed by atoms with E-state index in [1.165, 1.54) is 25.7 Å². The highest BCUT2D eigenvalue weighted by atomic mass is 15.1. The maximum atomic E-state index is 4.74. The van der Waals surface area contributed by atoms with E-state index < -0.39 is 0 Å². The van der Waals surface area contributed by atoms with Crippen LogP contribution in [0.4, 0.5) is 0 Å². The molecule has 0 bridgehead atoms. The zero-order chi connectivity index (χ0) is 15.4. The highest BCUT2D eigenvalue weighted by Gasteiger charge is 2.19. The van der Waals surface area contributed by atoms with Crippen LogP contribution in [0.1, 0.15) is 49.8 Å². The van der Waals surface area contributed by atoms with E-state index in [2.05, 4.69) is 43.3 Å². The Balaban J connectivity index is 2.97. The molecule has 0 amide bonds. The van der Waals surface area contributed by atoms with Crippen LogP contribution in [0, 0.1) is 6.92 Å². The first kappa shape index (κ1) is 15.5. The Kier molecular flexibility index (Phi) is 4.94. The molecule has 21 heavy (non-hydrogen) atoms. The van der Waals surface area contributed by atoms with E-state index in [0.29, 0.717) is 6.04 Å². The Morgan fingerprint density at radius 1 is 1.33 bits per heavy atom. The number of hydrogen-bond acceptors (Lipinski definition) is 2. The second-order valence-corrected chi connectivity index (χ2v) is 5.52. The summed E-state index contributed by atoms with van der Waals surface area (Å²) in [6, 6.07) is 0.485. The third-order valence-corrected chi connectivity index (χ3v) is 4.30. The van der Waals surface area contributed by atoms with Gasteiger partial charge in [0.25, 0.3) is 0 Å². The van der Waals surface area contributed by atoms with Crippen LogP contribution in [0.2, 0.25) is 0 Å². The van der Waals surface area contributed by atoms with E-state index in [-0.39, 0.29) is 0 Å². The molecule has 1 heterocycles. The molecular formula is C18H25N3. The Morgan fingerprint density at radius 3 is 2.52 bits per heavy atom. The van der Waals surface area contributed by atoms with Gasteiger partial charge >= 0.3 is 0 Å². The largest absolute Gasteiger partial charge is 0.323 e. The lowest BCUT2D eigenvalue weighted by Crippen LogP contribution is -2.47. The molecule has 0 unspecified atom stereocenters. The molecule has 0 aliphatic heterocycles. The molecule has 0 saturated heterocycles. The van der Waals surface area contributed by atoms with Gasteiger partial charge in [0.05, 0.1) is 0 Å². The monoisotopic (exact) mass is 283 g/mol. The Hall–Kier alpha value is -1.90. The lowest BCUT2D eigenvalue weighted by molar-refractivity contribution is 0.480. The molecule has 1 aliphatic carbocycles. The van der Waals surface area contributed by atoms with E-state index in [1.807, 2.05) is 12.3 Å². The summed E-state index contributed by atoms with van der Waals surface area (Å²) in [4.78, 5) is 8.72. The zero-order valence-electron chi connectivity index (χ0n) is 13.2. The van der Waals surface area contributed by atoms with Gasteiger partial charge in [-0.15, -0.1) is 0 Å². The van der Waals surface area contributed by atoms with E-state index >= 15 is 0 Å². The van der Waals surface area contributed by atoms with Crippen molar-refractivity contribution in [3.05, 3.63) is 33.8 Å². The number of rotatable bonds is 4. The second kappa shape index (κ2) is 6.70. The highest BCUT2D eigenvalue weighted by molar-refractivity contribution is 5.53. The first-order valence-corrected chi connectivity index (χ1v) is 7.68. The van der Waals surface area contributed by atoms with Gasteiger partial charge in [-0.2, -0.15) is 0 Å². The molecular weight excluding hydrogens is 258 g/mol. The predicted molar refractivity (Wildman–Crippen MR) is 91.7 cm³/mol. The molecule has 0 atom stereocenters. The summed E-state index contributed by atoms with van der Waals surface area (Å²) in [5, 5.41) is 2.06. The van der Waals surface area contributed by atoms with Gasteiger partial charge in [-0.25, -0.2) is 0 Å². The van der Waals surface area contributed by atoms with Crippen molar-refractivity contribution in [1.82, 2.24) is 4.57 Å². The van der Waals surface area contributed by atoms with Crippen LogP contribution in [-0.2, 0) is 0 Å². The van der Waals surface area contributed by atoms with Crippen LogP contribution in [0.25, 0.3) is 18.9 Å². The van der Waals surface area contributed by atoms with Gasteiger partial charge in [-0.1, -0.05) is 32.1 Å². The van der Waals surface area contributed by atoms with Crippen LogP contribution < -0.4 is 16.1 Å². The molecule has 1 saturated carbocycles. The summed E-state index contributed by atoms with van der Waals surface area (Å²) in [6.45, 7) is 16.8. The fourth-order valence-electron chi connectivity index (χ4n) is 3.30. The smallest absolute Gasteiger partial charge is 0.137 e. The van der Waals surface area contributed by atoms with Gasteiger partial charge in [0, 0.05) is 34.9 Å². The molecule has 0 aromatic carbocycles. The third-order valence-electron chi connectivity index (χ3n) is 4.30. The standard InChI is InChI=1S/C18H25N3/c1-6-16-13(3)17(12-19-5)18(20-7-2)21(14(16)4)15-10-8-9-11-15/h6,12,15H,1,4-5,7-11H2,2-3H3/b17-12-,20-18?. The van der Waals surface area contributed by atoms with Crippen molar-refractivity contribution < 1.29 is 0 Å². The molecule has 3 heteroatoms. The predicted octanol–water partition coefficient (Wildman–Crippen LogP) is 2.32. The number of pyridine rings is 1. The average Bonchev–Trinajstić information content (AvgIpc) is 2.98. The van der Waals surface area contributed by atoms with Crippen molar-refractivity contribution in [3.63, 3.8) is 0 Å². The normalized spacial score (nSPS) is 17.4. The minimum Gasteiger partial charge on any atom is -0.323 e. The van der Waals surface area contributed by atoms with Crippen molar-refractivity contribution in [2.24, 2.45) is 9.98 Å². The van der Waals surface area contributed by atoms with Gasteiger partial charge in [-0.3, -0.25) is 9.98 Å². The summed E-state index contributed by atoms with van der Waals surface area (Å²) in [7, 11) is 0. The van der Waals surface area contributed by atoms with E-state index in [1.54, 1.807) is 0 Å². The fourth-order valence-corrected chi connectivity index (χ4v) is 3.30. The van der Waals surface area contributed by atoms with E-state index in [4.69, 9.17) is 4.99 Å². The fraction of sp³-hybridized carbons (Fsp3) is 0.444. The quantitative estimate of drug-likeness (QED) is 0.759. The van der Waals surface area contributed by atoms with Crippen LogP contribution in [0.3, 0.4) is 0 Å². The lowest BCUT2D eigenvalue weighted by Gasteiger charge is -2.20. The number of hydrogen-bond donors (Lipinski definition) is 0. The molecule has 1 aliphatic rings. The van der Waals surface area contributed by atoms with Gasteiger partial charge in [-0.05, 0) is 39.0 Å². The van der Waals surface area contributed by atoms with E-state index in [9.17, 15) is 0 Å².